The van der Waals surface area contributed by atoms with E-state index in [9.17, 15) is 13.2 Å². The van der Waals surface area contributed by atoms with Crippen molar-refractivity contribution in [2.24, 2.45) is 0 Å². The predicted molar refractivity (Wildman–Crippen MR) is 74.5 cm³/mol. The highest BCUT2D eigenvalue weighted by molar-refractivity contribution is 5.25. The molecule has 0 aliphatic rings. The summed E-state index contributed by atoms with van der Waals surface area (Å²) in [5, 5.41) is 4.18. The molecule has 6 heteroatoms. The zero-order valence-electron chi connectivity index (χ0n) is 12.1. The van der Waals surface area contributed by atoms with Gasteiger partial charge < -0.3 is 0 Å². The van der Waals surface area contributed by atoms with E-state index in [2.05, 4.69) is 5.10 Å². The van der Waals surface area contributed by atoms with Crippen LogP contribution < -0.4 is 0 Å². The van der Waals surface area contributed by atoms with Gasteiger partial charge in [-0.2, -0.15) is 18.3 Å². The van der Waals surface area contributed by atoms with Crippen molar-refractivity contribution in [1.29, 1.82) is 0 Å². The number of hydrogen-bond acceptors (Lipinski definition) is 2. The van der Waals surface area contributed by atoms with Crippen LogP contribution in [0.25, 0.3) is 0 Å². The molecule has 21 heavy (non-hydrogen) atoms. The van der Waals surface area contributed by atoms with Gasteiger partial charge in [0.1, 0.15) is 0 Å². The number of aryl methyl sites for hydroxylation is 1. The van der Waals surface area contributed by atoms with Gasteiger partial charge >= 0.3 is 6.18 Å². The van der Waals surface area contributed by atoms with Crippen LogP contribution in [0.3, 0.4) is 0 Å². The SMILES string of the molecule is CCn1cc(CN(C)Cc2cccc(C(F)(F)F)c2)cn1. The summed E-state index contributed by atoms with van der Waals surface area (Å²) < 4.78 is 39.8. The van der Waals surface area contributed by atoms with Gasteiger partial charge in [0, 0.05) is 31.4 Å². The van der Waals surface area contributed by atoms with Gasteiger partial charge in [-0.3, -0.25) is 9.58 Å². The first-order valence-corrected chi connectivity index (χ1v) is 6.74. The molecule has 114 valence electrons. The van der Waals surface area contributed by atoms with Gasteiger partial charge in [0.25, 0.3) is 0 Å². The molecule has 2 aromatic rings. The van der Waals surface area contributed by atoms with Gasteiger partial charge in [0.15, 0.2) is 0 Å². The Morgan fingerprint density at radius 3 is 2.52 bits per heavy atom. The van der Waals surface area contributed by atoms with Crippen molar-refractivity contribution in [3.63, 3.8) is 0 Å². The van der Waals surface area contributed by atoms with Crippen LogP contribution in [-0.4, -0.2) is 21.7 Å². The van der Waals surface area contributed by atoms with E-state index in [1.807, 2.05) is 29.7 Å². The zero-order chi connectivity index (χ0) is 15.5. The molecule has 0 unspecified atom stereocenters. The lowest BCUT2D eigenvalue weighted by Gasteiger charge is -2.16. The first-order valence-electron chi connectivity index (χ1n) is 6.74. The number of hydrogen-bond donors (Lipinski definition) is 0. The van der Waals surface area contributed by atoms with Crippen molar-refractivity contribution < 1.29 is 13.2 Å². The fourth-order valence-electron chi connectivity index (χ4n) is 2.19. The lowest BCUT2D eigenvalue weighted by atomic mass is 10.1. The number of rotatable bonds is 5. The van der Waals surface area contributed by atoms with Crippen molar-refractivity contribution >= 4 is 0 Å². The molecule has 2 rings (SSSR count). The Labute approximate surface area is 122 Å². The van der Waals surface area contributed by atoms with Gasteiger partial charge in [-0.25, -0.2) is 0 Å². The van der Waals surface area contributed by atoms with Crippen molar-refractivity contribution in [2.45, 2.75) is 32.7 Å². The van der Waals surface area contributed by atoms with Gasteiger partial charge in [-0.15, -0.1) is 0 Å². The topological polar surface area (TPSA) is 21.1 Å². The fourth-order valence-corrected chi connectivity index (χ4v) is 2.19. The second-order valence-electron chi connectivity index (χ2n) is 5.07. The Hall–Kier alpha value is -1.82. The van der Waals surface area contributed by atoms with Crippen LogP contribution in [0.5, 0.6) is 0 Å². The van der Waals surface area contributed by atoms with Crippen molar-refractivity contribution in [3.8, 4) is 0 Å². The van der Waals surface area contributed by atoms with Crippen LogP contribution in [0, 0.1) is 0 Å². The maximum atomic E-state index is 12.7. The Kier molecular flexibility index (Phi) is 4.67. The first-order chi connectivity index (χ1) is 9.88. The van der Waals surface area contributed by atoms with Gasteiger partial charge in [0.05, 0.1) is 11.8 Å². The largest absolute Gasteiger partial charge is 0.416 e. The van der Waals surface area contributed by atoms with E-state index in [0.29, 0.717) is 18.7 Å². The molecule has 0 saturated carbocycles. The average molecular weight is 297 g/mol. The Bertz CT molecular complexity index is 590. The molecule has 0 saturated heterocycles. The smallest absolute Gasteiger partial charge is 0.298 e. The third-order valence-corrected chi connectivity index (χ3v) is 3.17. The monoisotopic (exact) mass is 297 g/mol. The molecule has 3 nitrogen and oxygen atoms in total. The second-order valence-corrected chi connectivity index (χ2v) is 5.07. The summed E-state index contributed by atoms with van der Waals surface area (Å²) in [6.07, 6.45) is -0.564. The number of nitrogens with zero attached hydrogens (tertiary/aromatic N) is 3. The van der Waals surface area contributed by atoms with Crippen LogP contribution >= 0.6 is 0 Å². The maximum Gasteiger partial charge on any atom is 0.416 e. The summed E-state index contributed by atoms with van der Waals surface area (Å²) in [5.74, 6) is 0. The molecule has 0 fully saturated rings. The van der Waals surface area contributed by atoms with Crippen LogP contribution in [0.2, 0.25) is 0 Å². The molecule has 0 aliphatic heterocycles. The van der Waals surface area contributed by atoms with E-state index < -0.39 is 11.7 Å². The quantitative estimate of drug-likeness (QED) is 0.841. The molecular formula is C15H18F3N3. The number of halogens is 3. The van der Waals surface area contributed by atoms with Crippen LogP contribution in [0.15, 0.2) is 36.7 Å². The number of benzene rings is 1. The van der Waals surface area contributed by atoms with Crippen LogP contribution in [0.1, 0.15) is 23.6 Å². The number of alkyl halides is 3. The van der Waals surface area contributed by atoms with Crippen molar-refractivity contribution in [3.05, 3.63) is 53.3 Å². The van der Waals surface area contributed by atoms with Crippen molar-refractivity contribution in [1.82, 2.24) is 14.7 Å². The molecule has 0 radical (unpaired) electrons. The second kappa shape index (κ2) is 6.30. The predicted octanol–water partition coefficient (Wildman–Crippen LogP) is 3.55. The standard InChI is InChI=1S/C15H18F3N3/c1-3-21-11-13(8-19-21)10-20(2)9-12-5-4-6-14(7-12)15(16,17)18/h4-8,11H,3,9-10H2,1-2H3. The molecule has 0 amide bonds. The summed E-state index contributed by atoms with van der Waals surface area (Å²) in [6, 6.07) is 5.45. The summed E-state index contributed by atoms with van der Waals surface area (Å²) in [5.41, 5.74) is 1.09. The summed E-state index contributed by atoms with van der Waals surface area (Å²) in [4.78, 5) is 1.96. The van der Waals surface area contributed by atoms with E-state index in [1.165, 1.54) is 12.1 Å². The summed E-state index contributed by atoms with van der Waals surface area (Å²) in [7, 11) is 1.88. The third kappa shape index (κ3) is 4.32. The lowest BCUT2D eigenvalue weighted by Crippen LogP contribution is -2.17. The molecule has 0 N–H and O–H groups in total. The molecule has 0 bridgehead atoms. The molecule has 1 aromatic carbocycles. The highest BCUT2D eigenvalue weighted by Gasteiger charge is 2.30. The third-order valence-electron chi connectivity index (χ3n) is 3.17. The van der Waals surface area contributed by atoms with E-state index in [-0.39, 0.29) is 0 Å². The summed E-state index contributed by atoms with van der Waals surface area (Å²) in [6.45, 7) is 3.91. The normalized spacial score (nSPS) is 12.1. The minimum atomic E-state index is -4.29. The van der Waals surface area contributed by atoms with Gasteiger partial charge in [0.2, 0.25) is 0 Å². The van der Waals surface area contributed by atoms with E-state index in [0.717, 1.165) is 18.2 Å². The van der Waals surface area contributed by atoms with E-state index in [1.54, 1.807) is 12.3 Å². The zero-order valence-corrected chi connectivity index (χ0v) is 12.1. The lowest BCUT2D eigenvalue weighted by molar-refractivity contribution is -0.137. The first kappa shape index (κ1) is 15.6. The van der Waals surface area contributed by atoms with Gasteiger partial charge in [-0.1, -0.05) is 18.2 Å². The minimum absolute atomic E-state index is 0.460. The number of aromatic nitrogens is 2. The molecule has 1 aromatic heterocycles. The fraction of sp³-hybridized carbons (Fsp3) is 0.400. The molecule has 1 heterocycles. The Morgan fingerprint density at radius 2 is 1.90 bits per heavy atom. The van der Waals surface area contributed by atoms with Crippen molar-refractivity contribution in [2.75, 3.05) is 7.05 Å². The minimum Gasteiger partial charge on any atom is -0.298 e. The highest BCUT2D eigenvalue weighted by Crippen LogP contribution is 2.29. The highest BCUT2D eigenvalue weighted by atomic mass is 19.4. The molecule has 0 aliphatic carbocycles. The molecule has 0 atom stereocenters. The average Bonchev–Trinajstić information content (AvgIpc) is 2.85. The summed E-state index contributed by atoms with van der Waals surface area (Å²) >= 11 is 0. The molecular weight excluding hydrogens is 279 g/mol. The Balaban J connectivity index is 2.00. The Morgan fingerprint density at radius 1 is 1.19 bits per heavy atom. The van der Waals surface area contributed by atoms with E-state index >= 15 is 0 Å². The van der Waals surface area contributed by atoms with E-state index in [4.69, 9.17) is 0 Å². The molecule has 0 spiro atoms. The van der Waals surface area contributed by atoms with Crippen LogP contribution in [-0.2, 0) is 25.8 Å². The van der Waals surface area contributed by atoms with Crippen LogP contribution in [0.4, 0.5) is 13.2 Å². The maximum absolute atomic E-state index is 12.7. The van der Waals surface area contributed by atoms with Gasteiger partial charge in [-0.05, 0) is 25.6 Å².